The van der Waals surface area contributed by atoms with E-state index in [9.17, 15) is 9.59 Å². The fraction of sp³-hybridized carbons (Fsp3) is 0.529. The molecule has 0 aromatic heterocycles. The maximum absolute atomic E-state index is 12.2. The predicted octanol–water partition coefficient (Wildman–Crippen LogP) is 1.70. The van der Waals surface area contributed by atoms with Crippen molar-refractivity contribution in [1.29, 1.82) is 0 Å². The summed E-state index contributed by atoms with van der Waals surface area (Å²) in [6, 6.07) is 7.66. The molecule has 0 aliphatic carbocycles. The van der Waals surface area contributed by atoms with Crippen molar-refractivity contribution in [2.75, 3.05) is 33.8 Å². The molecule has 0 atom stereocenters. The average molecular weight is 304 g/mol. The molecular formula is C17H24N2O3. The Hall–Kier alpha value is -2.04. The van der Waals surface area contributed by atoms with Crippen molar-refractivity contribution in [3.63, 3.8) is 0 Å². The molecule has 1 aliphatic rings. The number of piperidine rings is 1. The highest BCUT2D eigenvalue weighted by molar-refractivity contribution is 5.80. The van der Waals surface area contributed by atoms with Gasteiger partial charge < -0.3 is 14.5 Å². The van der Waals surface area contributed by atoms with E-state index in [1.807, 2.05) is 31.2 Å². The molecule has 22 heavy (non-hydrogen) atoms. The van der Waals surface area contributed by atoms with Gasteiger partial charge in [0, 0.05) is 33.1 Å². The number of hydrogen-bond donors (Lipinski definition) is 0. The Morgan fingerprint density at radius 2 is 1.95 bits per heavy atom. The number of nitrogens with zero attached hydrogens (tertiary/aromatic N) is 2. The second-order valence-corrected chi connectivity index (χ2v) is 5.99. The van der Waals surface area contributed by atoms with Crippen LogP contribution in [0, 0.1) is 12.8 Å². The van der Waals surface area contributed by atoms with Crippen LogP contribution in [0.15, 0.2) is 24.3 Å². The van der Waals surface area contributed by atoms with Crippen LogP contribution in [0.2, 0.25) is 0 Å². The largest absolute Gasteiger partial charge is 0.484 e. The lowest BCUT2D eigenvalue weighted by Gasteiger charge is -2.32. The highest BCUT2D eigenvalue weighted by Crippen LogP contribution is 2.19. The molecule has 0 radical (unpaired) electrons. The van der Waals surface area contributed by atoms with Gasteiger partial charge in [0.2, 0.25) is 5.91 Å². The van der Waals surface area contributed by atoms with Gasteiger partial charge in [-0.15, -0.1) is 0 Å². The summed E-state index contributed by atoms with van der Waals surface area (Å²) in [5.74, 6) is 0.892. The third-order valence-electron chi connectivity index (χ3n) is 3.99. The number of likely N-dealkylation sites (tertiary alicyclic amines) is 1. The van der Waals surface area contributed by atoms with Gasteiger partial charge in [-0.25, -0.2) is 0 Å². The molecule has 5 heteroatoms. The lowest BCUT2D eigenvalue weighted by Crippen LogP contribution is -2.44. The van der Waals surface area contributed by atoms with Gasteiger partial charge in [-0.1, -0.05) is 12.1 Å². The van der Waals surface area contributed by atoms with Gasteiger partial charge in [0.15, 0.2) is 6.61 Å². The van der Waals surface area contributed by atoms with E-state index in [4.69, 9.17) is 4.74 Å². The molecule has 1 aliphatic heterocycles. The summed E-state index contributed by atoms with van der Waals surface area (Å²) in [4.78, 5) is 27.5. The monoisotopic (exact) mass is 304 g/mol. The normalized spacial score (nSPS) is 15.5. The molecule has 0 bridgehead atoms. The van der Waals surface area contributed by atoms with E-state index >= 15 is 0 Å². The van der Waals surface area contributed by atoms with Gasteiger partial charge in [0.1, 0.15) is 5.75 Å². The SMILES string of the molecule is Cc1cccc(OCC(=O)N2CCC(C(=O)N(C)C)CC2)c1. The summed E-state index contributed by atoms with van der Waals surface area (Å²) in [5.41, 5.74) is 1.10. The summed E-state index contributed by atoms with van der Waals surface area (Å²) in [7, 11) is 3.55. The van der Waals surface area contributed by atoms with Crippen LogP contribution in [0.25, 0.3) is 0 Å². The quantitative estimate of drug-likeness (QED) is 0.851. The molecule has 1 aromatic carbocycles. The number of rotatable bonds is 4. The molecule has 120 valence electrons. The Labute approximate surface area is 131 Å². The van der Waals surface area contributed by atoms with E-state index in [2.05, 4.69) is 0 Å². The van der Waals surface area contributed by atoms with Crippen molar-refractivity contribution < 1.29 is 14.3 Å². The molecule has 5 nitrogen and oxygen atoms in total. The minimum absolute atomic E-state index is 0.0164. The molecule has 1 heterocycles. The minimum atomic E-state index is -0.0164. The molecular weight excluding hydrogens is 280 g/mol. The lowest BCUT2D eigenvalue weighted by atomic mass is 9.95. The summed E-state index contributed by atoms with van der Waals surface area (Å²) in [6.45, 7) is 3.29. The molecule has 1 aromatic rings. The first-order valence-corrected chi connectivity index (χ1v) is 7.66. The molecule has 0 N–H and O–H groups in total. The maximum atomic E-state index is 12.2. The highest BCUT2D eigenvalue weighted by Gasteiger charge is 2.28. The van der Waals surface area contributed by atoms with Crippen LogP contribution in [0.5, 0.6) is 5.75 Å². The first-order chi connectivity index (χ1) is 10.5. The van der Waals surface area contributed by atoms with Crippen molar-refractivity contribution in [3.8, 4) is 5.75 Å². The van der Waals surface area contributed by atoms with Crippen LogP contribution in [0.3, 0.4) is 0 Å². The Balaban J connectivity index is 1.79. The van der Waals surface area contributed by atoms with Gasteiger partial charge in [0.05, 0.1) is 0 Å². The van der Waals surface area contributed by atoms with Crippen LogP contribution < -0.4 is 4.74 Å². The maximum Gasteiger partial charge on any atom is 0.260 e. The van der Waals surface area contributed by atoms with Crippen LogP contribution in [-0.2, 0) is 9.59 Å². The fourth-order valence-corrected chi connectivity index (χ4v) is 2.68. The molecule has 1 fully saturated rings. The van der Waals surface area contributed by atoms with Crippen molar-refractivity contribution in [1.82, 2.24) is 9.80 Å². The summed E-state index contributed by atoms with van der Waals surface area (Å²) < 4.78 is 5.55. The van der Waals surface area contributed by atoms with E-state index in [0.29, 0.717) is 18.8 Å². The molecule has 1 saturated heterocycles. The van der Waals surface area contributed by atoms with Crippen molar-refractivity contribution in [2.45, 2.75) is 19.8 Å². The smallest absolute Gasteiger partial charge is 0.260 e. The number of aryl methyl sites for hydroxylation is 1. The van der Waals surface area contributed by atoms with Gasteiger partial charge in [-0.2, -0.15) is 0 Å². The standard InChI is InChI=1S/C17H24N2O3/c1-13-5-4-6-15(11-13)22-12-16(20)19-9-7-14(8-10-19)17(21)18(2)3/h4-6,11,14H,7-10,12H2,1-3H3. The minimum Gasteiger partial charge on any atom is -0.484 e. The van der Waals surface area contributed by atoms with E-state index in [0.717, 1.165) is 18.4 Å². The Morgan fingerprint density at radius 3 is 2.55 bits per heavy atom. The molecule has 2 amide bonds. The number of benzene rings is 1. The number of carbonyl (C=O) groups is 2. The first kappa shape index (κ1) is 16.3. The highest BCUT2D eigenvalue weighted by atomic mass is 16.5. The third-order valence-corrected chi connectivity index (χ3v) is 3.99. The fourth-order valence-electron chi connectivity index (χ4n) is 2.68. The van der Waals surface area contributed by atoms with Gasteiger partial charge in [-0.05, 0) is 37.5 Å². The van der Waals surface area contributed by atoms with Gasteiger partial charge >= 0.3 is 0 Å². The van der Waals surface area contributed by atoms with Crippen molar-refractivity contribution in [3.05, 3.63) is 29.8 Å². The Bertz CT molecular complexity index is 534. The Morgan fingerprint density at radius 1 is 1.27 bits per heavy atom. The predicted molar refractivity (Wildman–Crippen MR) is 84.7 cm³/mol. The number of amides is 2. The Kier molecular flexibility index (Phi) is 5.41. The molecule has 0 unspecified atom stereocenters. The van der Waals surface area contributed by atoms with Crippen molar-refractivity contribution >= 4 is 11.8 Å². The average Bonchev–Trinajstić information content (AvgIpc) is 2.52. The van der Waals surface area contributed by atoms with Crippen LogP contribution in [-0.4, -0.2) is 55.4 Å². The summed E-state index contributed by atoms with van der Waals surface area (Å²) >= 11 is 0. The van der Waals surface area contributed by atoms with Crippen LogP contribution in [0.1, 0.15) is 18.4 Å². The molecule has 0 spiro atoms. The number of carbonyl (C=O) groups excluding carboxylic acids is 2. The van der Waals surface area contributed by atoms with Gasteiger partial charge in [-0.3, -0.25) is 9.59 Å². The second-order valence-electron chi connectivity index (χ2n) is 5.99. The van der Waals surface area contributed by atoms with Crippen LogP contribution >= 0.6 is 0 Å². The summed E-state index contributed by atoms with van der Waals surface area (Å²) in [5, 5.41) is 0. The first-order valence-electron chi connectivity index (χ1n) is 7.66. The van der Waals surface area contributed by atoms with E-state index in [-0.39, 0.29) is 24.3 Å². The zero-order valence-corrected chi connectivity index (χ0v) is 13.5. The summed E-state index contributed by atoms with van der Waals surface area (Å²) in [6.07, 6.45) is 1.46. The second kappa shape index (κ2) is 7.29. The van der Waals surface area contributed by atoms with Crippen LogP contribution in [0.4, 0.5) is 0 Å². The van der Waals surface area contributed by atoms with E-state index in [1.165, 1.54) is 0 Å². The lowest BCUT2D eigenvalue weighted by molar-refractivity contribution is -0.140. The van der Waals surface area contributed by atoms with E-state index in [1.54, 1.807) is 23.9 Å². The number of hydrogen-bond acceptors (Lipinski definition) is 3. The zero-order chi connectivity index (χ0) is 16.1. The van der Waals surface area contributed by atoms with Crippen molar-refractivity contribution in [2.24, 2.45) is 5.92 Å². The molecule has 0 saturated carbocycles. The van der Waals surface area contributed by atoms with Gasteiger partial charge in [0.25, 0.3) is 5.91 Å². The number of ether oxygens (including phenoxy) is 1. The topological polar surface area (TPSA) is 49.9 Å². The zero-order valence-electron chi connectivity index (χ0n) is 13.5. The van der Waals surface area contributed by atoms with E-state index < -0.39 is 0 Å². The third kappa shape index (κ3) is 4.23. The molecule has 2 rings (SSSR count).